The van der Waals surface area contributed by atoms with E-state index in [0.29, 0.717) is 6.42 Å². The lowest BCUT2D eigenvalue weighted by Gasteiger charge is -1.99. The minimum absolute atomic E-state index is 0.0509. The highest BCUT2D eigenvalue weighted by molar-refractivity contribution is 5.85. The van der Waals surface area contributed by atoms with Crippen molar-refractivity contribution in [2.24, 2.45) is 5.73 Å². The zero-order valence-electron chi connectivity index (χ0n) is 7.90. The topological polar surface area (TPSA) is 60.2 Å². The summed E-state index contributed by atoms with van der Waals surface area (Å²) in [4.78, 5) is 21.7. The molecule has 0 radical (unpaired) electrons. The van der Waals surface area contributed by atoms with Crippen molar-refractivity contribution in [3.63, 3.8) is 0 Å². The van der Waals surface area contributed by atoms with Crippen LogP contribution >= 0.6 is 0 Å². The molecule has 0 saturated heterocycles. The minimum atomic E-state index is -0.425. The average Bonchev–Trinajstić information content (AvgIpc) is 2.16. The first-order chi connectivity index (χ1) is 6.68. The van der Waals surface area contributed by atoms with Gasteiger partial charge in [-0.1, -0.05) is 30.3 Å². The van der Waals surface area contributed by atoms with Crippen LogP contribution in [0.25, 0.3) is 0 Å². The van der Waals surface area contributed by atoms with E-state index in [1.54, 1.807) is 0 Å². The second kappa shape index (κ2) is 5.17. The summed E-state index contributed by atoms with van der Waals surface area (Å²) in [5.41, 5.74) is 5.92. The van der Waals surface area contributed by atoms with Gasteiger partial charge in [-0.2, -0.15) is 0 Å². The fourth-order valence-corrected chi connectivity index (χ4v) is 1.17. The molecule has 3 nitrogen and oxygen atoms in total. The summed E-state index contributed by atoms with van der Waals surface area (Å²) in [6.07, 6.45) is 0.768. The molecule has 1 rings (SSSR count). The van der Waals surface area contributed by atoms with E-state index in [0.717, 1.165) is 5.56 Å². The van der Waals surface area contributed by atoms with Crippen molar-refractivity contribution in [3.8, 4) is 0 Å². The number of benzene rings is 1. The molecule has 0 saturated carbocycles. The van der Waals surface area contributed by atoms with Crippen LogP contribution in [-0.4, -0.2) is 11.7 Å². The Kier molecular flexibility index (Phi) is 3.85. The van der Waals surface area contributed by atoms with Crippen molar-refractivity contribution in [2.45, 2.75) is 19.3 Å². The summed E-state index contributed by atoms with van der Waals surface area (Å²) >= 11 is 0. The van der Waals surface area contributed by atoms with Gasteiger partial charge in [-0.25, -0.2) is 0 Å². The third kappa shape index (κ3) is 3.85. The quantitative estimate of drug-likeness (QED) is 0.756. The van der Waals surface area contributed by atoms with Gasteiger partial charge in [0.1, 0.15) is 5.78 Å². The summed E-state index contributed by atoms with van der Waals surface area (Å²) < 4.78 is 0. The van der Waals surface area contributed by atoms with E-state index in [9.17, 15) is 9.59 Å². The van der Waals surface area contributed by atoms with E-state index in [-0.39, 0.29) is 18.6 Å². The lowest BCUT2D eigenvalue weighted by atomic mass is 10.1. The van der Waals surface area contributed by atoms with Crippen LogP contribution in [0.3, 0.4) is 0 Å². The van der Waals surface area contributed by atoms with Gasteiger partial charge in [0, 0.05) is 19.3 Å². The third-order valence-electron chi connectivity index (χ3n) is 1.89. The molecule has 0 spiro atoms. The van der Waals surface area contributed by atoms with Crippen LogP contribution in [0.2, 0.25) is 0 Å². The molecule has 1 aromatic carbocycles. The molecule has 0 atom stereocenters. The summed E-state index contributed by atoms with van der Waals surface area (Å²) in [5.74, 6) is -0.374. The molecule has 1 aromatic rings. The lowest BCUT2D eigenvalue weighted by molar-refractivity contribution is -0.123. The SMILES string of the molecule is NC(=O)CCC(=O)Cc1ccccc1. The lowest BCUT2D eigenvalue weighted by Crippen LogP contribution is -2.13. The summed E-state index contributed by atoms with van der Waals surface area (Å²) in [7, 11) is 0. The monoisotopic (exact) mass is 191 g/mol. The van der Waals surface area contributed by atoms with Gasteiger partial charge in [0.05, 0.1) is 0 Å². The molecular formula is C11H13NO2. The standard InChI is InChI=1S/C11H13NO2/c12-11(14)7-6-10(13)8-9-4-2-1-3-5-9/h1-5H,6-8H2,(H2,12,14). The number of amides is 1. The van der Waals surface area contributed by atoms with E-state index in [2.05, 4.69) is 0 Å². The molecule has 0 bridgehead atoms. The van der Waals surface area contributed by atoms with Crippen LogP contribution in [0, 0.1) is 0 Å². The minimum Gasteiger partial charge on any atom is -0.370 e. The molecule has 14 heavy (non-hydrogen) atoms. The first-order valence-electron chi connectivity index (χ1n) is 4.52. The molecule has 0 fully saturated rings. The first-order valence-corrected chi connectivity index (χ1v) is 4.52. The number of nitrogens with two attached hydrogens (primary N) is 1. The predicted molar refractivity (Wildman–Crippen MR) is 53.6 cm³/mol. The Labute approximate surface area is 82.9 Å². The first kappa shape index (κ1) is 10.4. The van der Waals surface area contributed by atoms with Gasteiger partial charge in [0.25, 0.3) is 0 Å². The normalized spacial score (nSPS) is 9.71. The molecular weight excluding hydrogens is 178 g/mol. The second-order valence-corrected chi connectivity index (χ2v) is 3.17. The van der Waals surface area contributed by atoms with Crippen molar-refractivity contribution in [3.05, 3.63) is 35.9 Å². The fourth-order valence-electron chi connectivity index (χ4n) is 1.17. The second-order valence-electron chi connectivity index (χ2n) is 3.17. The molecule has 0 heterocycles. The fraction of sp³-hybridized carbons (Fsp3) is 0.273. The molecule has 2 N–H and O–H groups in total. The van der Waals surface area contributed by atoms with E-state index < -0.39 is 5.91 Å². The number of rotatable bonds is 5. The number of hydrogen-bond acceptors (Lipinski definition) is 2. The van der Waals surface area contributed by atoms with E-state index >= 15 is 0 Å². The Morgan fingerprint density at radius 2 is 1.71 bits per heavy atom. The number of primary amides is 1. The van der Waals surface area contributed by atoms with Gasteiger partial charge in [-0.15, -0.1) is 0 Å². The number of ketones is 1. The van der Waals surface area contributed by atoms with Crippen molar-refractivity contribution in [1.29, 1.82) is 0 Å². The van der Waals surface area contributed by atoms with Crippen LogP contribution in [0.15, 0.2) is 30.3 Å². The Balaban J connectivity index is 2.38. The van der Waals surface area contributed by atoms with Gasteiger partial charge < -0.3 is 5.73 Å². The highest BCUT2D eigenvalue weighted by Gasteiger charge is 2.04. The number of carbonyl (C=O) groups excluding carboxylic acids is 2. The smallest absolute Gasteiger partial charge is 0.217 e. The molecule has 74 valence electrons. The van der Waals surface area contributed by atoms with Gasteiger partial charge in [0.2, 0.25) is 5.91 Å². The van der Waals surface area contributed by atoms with Gasteiger partial charge >= 0.3 is 0 Å². The van der Waals surface area contributed by atoms with E-state index in [4.69, 9.17) is 5.73 Å². The van der Waals surface area contributed by atoms with E-state index in [1.165, 1.54) is 0 Å². The van der Waals surface area contributed by atoms with Crippen LogP contribution in [0.5, 0.6) is 0 Å². The maximum Gasteiger partial charge on any atom is 0.217 e. The summed E-state index contributed by atoms with van der Waals surface area (Å²) in [6, 6.07) is 9.45. The molecule has 0 unspecified atom stereocenters. The van der Waals surface area contributed by atoms with Gasteiger partial charge in [-0.3, -0.25) is 9.59 Å². The molecule has 0 aliphatic heterocycles. The van der Waals surface area contributed by atoms with Crippen LogP contribution < -0.4 is 5.73 Å². The molecule has 3 heteroatoms. The van der Waals surface area contributed by atoms with Crippen LogP contribution in [-0.2, 0) is 16.0 Å². The van der Waals surface area contributed by atoms with Gasteiger partial charge in [0.15, 0.2) is 0 Å². The Morgan fingerprint density at radius 3 is 2.29 bits per heavy atom. The number of hydrogen-bond donors (Lipinski definition) is 1. The number of carbonyl (C=O) groups is 2. The predicted octanol–water partition coefficient (Wildman–Crippen LogP) is 1.06. The third-order valence-corrected chi connectivity index (χ3v) is 1.89. The highest BCUT2D eigenvalue weighted by atomic mass is 16.1. The average molecular weight is 191 g/mol. The summed E-state index contributed by atoms with van der Waals surface area (Å²) in [6.45, 7) is 0. The maximum atomic E-state index is 11.3. The molecule has 0 aliphatic rings. The largest absolute Gasteiger partial charge is 0.370 e. The zero-order chi connectivity index (χ0) is 10.4. The summed E-state index contributed by atoms with van der Waals surface area (Å²) in [5, 5.41) is 0. The van der Waals surface area contributed by atoms with Crippen molar-refractivity contribution in [2.75, 3.05) is 0 Å². The number of Topliss-reactive ketones (excluding diaryl/α,β-unsaturated/α-hetero) is 1. The maximum absolute atomic E-state index is 11.3. The Hall–Kier alpha value is -1.64. The van der Waals surface area contributed by atoms with E-state index in [1.807, 2.05) is 30.3 Å². The van der Waals surface area contributed by atoms with Crippen molar-refractivity contribution < 1.29 is 9.59 Å². The van der Waals surface area contributed by atoms with Crippen molar-refractivity contribution in [1.82, 2.24) is 0 Å². The Bertz CT molecular complexity index is 319. The molecule has 1 amide bonds. The highest BCUT2D eigenvalue weighted by Crippen LogP contribution is 2.02. The van der Waals surface area contributed by atoms with Crippen LogP contribution in [0.4, 0.5) is 0 Å². The zero-order valence-corrected chi connectivity index (χ0v) is 7.90. The molecule has 0 aliphatic carbocycles. The Morgan fingerprint density at radius 1 is 1.07 bits per heavy atom. The molecule has 0 aromatic heterocycles. The van der Waals surface area contributed by atoms with Crippen LogP contribution in [0.1, 0.15) is 18.4 Å². The van der Waals surface area contributed by atoms with Crippen molar-refractivity contribution >= 4 is 11.7 Å². The van der Waals surface area contributed by atoms with Gasteiger partial charge in [-0.05, 0) is 5.56 Å².